The third-order valence-corrected chi connectivity index (χ3v) is 4.48. The summed E-state index contributed by atoms with van der Waals surface area (Å²) < 4.78 is 26.9. The fraction of sp³-hybridized carbons (Fsp3) is 0.500. The molecule has 0 spiro atoms. The maximum Gasteiger partial charge on any atom is 0.241 e. The Hall–Kier alpha value is -0.910. The van der Waals surface area contributed by atoms with Gasteiger partial charge in [-0.2, -0.15) is 0 Å². The third kappa shape index (κ3) is 3.28. The van der Waals surface area contributed by atoms with Gasteiger partial charge in [-0.25, -0.2) is 13.1 Å². The minimum Gasteiger partial charge on any atom is -0.329 e. The molecule has 0 aromatic heterocycles. The summed E-state index contributed by atoms with van der Waals surface area (Å²) in [6, 6.07) is 3.48. The summed E-state index contributed by atoms with van der Waals surface area (Å²) in [6.07, 6.45) is 0. The molecule has 4 nitrogen and oxygen atoms in total. The van der Waals surface area contributed by atoms with Gasteiger partial charge in [-0.05, 0) is 38.8 Å². The first-order chi connectivity index (χ1) is 7.77. The van der Waals surface area contributed by atoms with Crippen LogP contribution < -0.4 is 10.5 Å². The van der Waals surface area contributed by atoms with Gasteiger partial charge in [0.05, 0.1) is 4.90 Å². The van der Waals surface area contributed by atoms with Crippen LogP contribution in [0.4, 0.5) is 0 Å². The zero-order chi connectivity index (χ0) is 13.2. The Balaban J connectivity index is 3.25. The molecule has 0 aliphatic carbocycles. The van der Waals surface area contributed by atoms with Gasteiger partial charge < -0.3 is 5.73 Å². The first-order valence-electron chi connectivity index (χ1n) is 5.58. The first-order valence-corrected chi connectivity index (χ1v) is 7.06. The number of sulfonamides is 1. The van der Waals surface area contributed by atoms with E-state index in [2.05, 4.69) is 4.72 Å². The highest BCUT2D eigenvalue weighted by Crippen LogP contribution is 2.21. The fourth-order valence-electron chi connectivity index (χ4n) is 1.96. The van der Waals surface area contributed by atoms with E-state index in [1.165, 1.54) is 0 Å². The molecule has 0 aliphatic rings. The second-order valence-electron chi connectivity index (χ2n) is 4.49. The van der Waals surface area contributed by atoms with Crippen molar-refractivity contribution in [2.45, 2.75) is 38.6 Å². The molecule has 0 saturated carbocycles. The highest BCUT2D eigenvalue weighted by molar-refractivity contribution is 7.89. The molecule has 5 heteroatoms. The first kappa shape index (κ1) is 14.2. The van der Waals surface area contributed by atoms with Gasteiger partial charge >= 0.3 is 0 Å². The zero-order valence-corrected chi connectivity index (χ0v) is 11.6. The monoisotopic (exact) mass is 256 g/mol. The molecule has 1 aromatic carbocycles. The van der Waals surface area contributed by atoms with E-state index in [9.17, 15) is 8.42 Å². The predicted molar refractivity (Wildman–Crippen MR) is 69.5 cm³/mol. The summed E-state index contributed by atoms with van der Waals surface area (Å²) >= 11 is 0. The summed E-state index contributed by atoms with van der Waals surface area (Å²) in [4.78, 5) is 0.364. The fourth-order valence-corrected chi connectivity index (χ4v) is 3.67. The standard InChI is InChI=1S/C12H20N2O2S/c1-8-5-9(2)12(10(3)6-8)17(15,16)14-11(4)7-13/h5-6,11,14H,7,13H2,1-4H3/t11-/m1/s1. The highest BCUT2D eigenvalue weighted by Gasteiger charge is 2.21. The lowest BCUT2D eigenvalue weighted by Crippen LogP contribution is -2.38. The summed E-state index contributed by atoms with van der Waals surface area (Å²) in [5.41, 5.74) is 8.02. The van der Waals surface area contributed by atoms with Crippen molar-refractivity contribution < 1.29 is 8.42 Å². The molecule has 0 saturated heterocycles. The smallest absolute Gasteiger partial charge is 0.241 e. The summed E-state index contributed by atoms with van der Waals surface area (Å²) in [6.45, 7) is 7.59. The molecular weight excluding hydrogens is 236 g/mol. The average Bonchev–Trinajstić information content (AvgIpc) is 2.14. The molecule has 0 fully saturated rings. The Morgan fingerprint density at radius 1 is 1.24 bits per heavy atom. The molecule has 0 heterocycles. The van der Waals surface area contributed by atoms with Crippen LogP contribution in [0.25, 0.3) is 0 Å². The van der Waals surface area contributed by atoms with Crippen LogP contribution in [-0.4, -0.2) is 21.0 Å². The van der Waals surface area contributed by atoms with Gasteiger partial charge in [0.25, 0.3) is 0 Å². The maximum absolute atomic E-state index is 12.2. The molecule has 0 unspecified atom stereocenters. The number of benzene rings is 1. The van der Waals surface area contributed by atoms with Gasteiger partial charge in [0, 0.05) is 12.6 Å². The molecule has 3 N–H and O–H groups in total. The van der Waals surface area contributed by atoms with Crippen molar-refractivity contribution in [2.75, 3.05) is 6.54 Å². The van der Waals surface area contributed by atoms with Crippen molar-refractivity contribution in [1.29, 1.82) is 0 Å². The lowest BCUT2D eigenvalue weighted by molar-refractivity contribution is 0.561. The largest absolute Gasteiger partial charge is 0.329 e. The maximum atomic E-state index is 12.2. The molecule has 96 valence electrons. The van der Waals surface area contributed by atoms with Crippen molar-refractivity contribution in [2.24, 2.45) is 5.73 Å². The van der Waals surface area contributed by atoms with E-state index in [1.54, 1.807) is 6.92 Å². The molecule has 1 atom stereocenters. The molecule has 0 aliphatic heterocycles. The lowest BCUT2D eigenvalue weighted by Gasteiger charge is -2.16. The van der Waals surface area contributed by atoms with E-state index >= 15 is 0 Å². The predicted octanol–water partition coefficient (Wildman–Crippen LogP) is 1.24. The van der Waals surface area contributed by atoms with E-state index in [0.717, 1.165) is 16.7 Å². The molecule has 0 amide bonds. The van der Waals surface area contributed by atoms with Crippen LogP contribution in [0.3, 0.4) is 0 Å². The van der Waals surface area contributed by atoms with Crippen LogP contribution in [0, 0.1) is 20.8 Å². The van der Waals surface area contributed by atoms with E-state index < -0.39 is 10.0 Å². The van der Waals surface area contributed by atoms with Gasteiger partial charge in [0.1, 0.15) is 0 Å². The van der Waals surface area contributed by atoms with Crippen LogP contribution in [0.2, 0.25) is 0 Å². The molecular formula is C12H20N2O2S. The van der Waals surface area contributed by atoms with Gasteiger partial charge in [-0.3, -0.25) is 0 Å². The number of rotatable bonds is 4. The minimum atomic E-state index is -3.48. The molecule has 0 bridgehead atoms. The second kappa shape index (κ2) is 5.16. The molecule has 17 heavy (non-hydrogen) atoms. The lowest BCUT2D eigenvalue weighted by atomic mass is 10.1. The van der Waals surface area contributed by atoms with E-state index in [0.29, 0.717) is 4.90 Å². The van der Waals surface area contributed by atoms with E-state index in [-0.39, 0.29) is 12.6 Å². The Morgan fingerprint density at radius 2 is 1.71 bits per heavy atom. The van der Waals surface area contributed by atoms with Crippen molar-refractivity contribution in [3.8, 4) is 0 Å². The van der Waals surface area contributed by atoms with Gasteiger partial charge in [-0.15, -0.1) is 0 Å². The number of aryl methyl sites for hydroxylation is 3. The quantitative estimate of drug-likeness (QED) is 0.851. The van der Waals surface area contributed by atoms with Crippen molar-refractivity contribution in [3.63, 3.8) is 0 Å². The molecule has 1 aromatic rings. The van der Waals surface area contributed by atoms with Crippen LogP contribution in [-0.2, 0) is 10.0 Å². The van der Waals surface area contributed by atoms with Crippen molar-refractivity contribution >= 4 is 10.0 Å². The number of hydrogen-bond acceptors (Lipinski definition) is 3. The zero-order valence-electron chi connectivity index (χ0n) is 10.7. The number of hydrogen-bond donors (Lipinski definition) is 2. The van der Waals surface area contributed by atoms with E-state index in [4.69, 9.17) is 5.73 Å². The molecule has 0 radical (unpaired) electrons. The van der Waals surface area contributed by atoms with Gasteiger partial charge in [0.15, 0.2) is 0 Å². The topological polar surface area (TPSA) is 72.2 Å². The van der Waals surface area contributed by atoms with Crippen LogP contribution in [0.5, 0.6) is 0 Å². The Bertz CT molecular complexity index is 486. The summed E-state index contributed by atoms with van der Waals surface area (Å²) in [5, 5.41) is 0. The molecule has 1 rings (SSSR count). The van der Waals surface area contributed by atoms with Gasteiger partial charge in [0.2, 0.25) is 10.0 Å². The average molecular weight is 256 g/mol. The number of nitrogens with two attached hydrogens (primary N) is 1. The summed E-state index contributed by atoms with van der Waals surface area (Å²) in [7, 11) is -3.48. The normalized spacial score (nSPS) is 13.7. The third-order valence-electron chi connectivity index (χ3n) is 2.58. The van der Waals surface area contributed by atoms with Crippen molar-refractivity contribution in [1.82, 2.24) is 4.72 Å². The highest BCUT2D eigenvalue weighted by atomic mass is 32.2. The number of nitrogens with one attached hydrogen (secondary N) is 1. The minimum absolute atomic E-state index is 0.264. The second-order valence-corrected chi connectivity index (χ2v) is 6.14. The van der Waals surface area contributed by atoms with Crippen LogP contribution in [0.1, 0.15) is 23.6 Å². The van der Waals surface area contributed by atoms with Gasteiger partial charge in [-0.1, -0.05) is 17.7 Å². The Labute approximate surface area is 103 Å². The Kier molecular flexibility index (Phi) is 4.30. The Morgan fingerprint density at radius 3 is 2.12 bits per heavy atom. The van der Waals surface area contributed by atoms with Crippen molar-refractivity contribution in [3.05, 3.63) is 28.8 Å². The summed E-state index contributed by atoms with van der Waals surface area (Å²) in [5.74, 6) is 0. The van der Waals surface area contributed by atoms with E-state index in [1.807, 2.05) is 32.9 Å². The van der Waals surface area contributed by atoms with Crippen LogP contribution in [0.15, 0.2) is 17.0 Å². The SMILES string of the molecule is Cc1cc(C)c(S(=O)(=O)N[C@H](C)CN)c(C)c1. The van der Waals surface area contributed by atoms with Crippen LogP contribution >= 0.6 is 0 Å².